The van der Waals surface area contributed by atoms with Crippen molar-refractivity contribution in [3.63, 3.8) is 0 Å². The lowest BCUT2D eigenvalue weighted by Gasteiger charge is -2.41. The Kier molecular flexibility index (Phi) is 4.93. The Labute approximate surface area is 83.2 Å². The number of hydrogen-bond donors (Lipinski definition) is 0. The maximum atomic E-state index is 4.10. The molecule has 0 N–H and O–H groups in total. The lowest BCUT2D eigenvalue weighted by atomic mass is 10.5. The molecule has 0 nitrogen and oxygen atoms in total. The van der Waals surface area contributed by atoms with Gasteiger partial charge < -0.3 is 0 Å². The zero-order valence-corrected chi connectivity index (χ0v) is 11.2. The molecule has 0 saturated carbocycles. The molecule has 0 amide bonds. The van der Waals surface area contributed by atoms with Crippen molar-refractivity contribution in [1.29, 1.82) is 0 Å². The average Bonchev–Trinajstić information content (AvgIpc) is 1.86. The first kappa shape index (κ1) is 12.6. The Morgan fingerprint density at radius 2 is 1.08 bits per heavy atom. The van der Waals surface area contributed by atoms with Crippen molar-refractivity contribution in [2.75, 3.05) is 0 Å². The van der Waals surface area contributed by atoms with Crippen LogP contribution in [0.15, 0.2) is 0 Å². The van der Waals surface area contributed by atoms with Gasteiger partial charge in [0.25, 0.3) is 0 Å². The molecule has 0 fully saturated rings. The Morgan fingerprint density at radius 1 is 0.833 bits per heavy atom. The normalized spacial score (nSPS) is 13.5. The smallest absolute Gasteiger partial charge is 0.124 e. The van der Waals surface area contributed by atoms with Gasteiger partial charge in [-0.1, -0.05) is 41.5 Å². The van der Waals surface area contributed by atoms with E-state index in [1.165, 1.54) is 0 Å². The summed E-state index contributed by atoms with van der Waals surface area (Å²) in [4.78, 5) is 0. The highest BCUT2D eigenvalue weighted by atomic mass is 32.4. The largest absolute Gasteiger partial charge is 0.183 e. The zero-order chi connectivity index (χ0) is 9.94. The van der Waals surface area contributed by atoms with Gasteiger partial charge in [-0.25, -0.2) is 0 Å². The maximum Gasteiger partial charge on any atom is 0.124 e. The van der Waals surface area contributed by atoms with Gasteiger partial charge in [0, 0.05) is 0 Å². The molecule has 0 atom stereocenters. The van der Waals surface area contributed by atoms with Crippen molar-refractivity contribution in [1.82, 2.24) is 0 Å². The van der Waals surface area contributed by atoms with Crippen LogP contribution in [0.4, 0.5) is 0 Å². The lowest BCUT2D eigenvalue weighted by molar-refractivity contribution is 0.852. The third kappa shape index (κ3) is 2.08. The number of rotatable bonds is 4. The topological polar surface area (TPSA) is 0 Å². The molecule has 0 bridgehead atoms. The predicted molar refractivity (Wildman–Crippen MR) is 64.0 cm³/mol. The Bertz CT molecular complexity index is 108. The Morgan fingerprint density at radius 3 is 1.08 bits per heavy atom. The molecular formula is C10H23SSi. The van der Waals surface area contributed by atoms with Crippen LogP contribution in [0.3, 0.4) is 0 Å². The summed E-state index contributed by atoms with van der Waals surface area (Å²) < 4.78 is 0. The summed E-state index contributed by atoms with van der Waals surface area (Å²) in [6.07, 6.45) is 4.10. The van der Waals surface area contributed by atoms with E-state index in [0.717, 1.165) is 16.6 Å². The monoisotopic (exact) mass is 203 g/mol. The molecule has 0 saturated heterocycles. The highest BCUT2D eigenvalue weighted by molar-refractivity contribution is 8.30. The van der Waals surface area contributed by atoms with Gasteiger partial charge in [0.2, 0.25) is 0 Å². The summed E-state index contributed by atoms with van der Waals surface area (Å²) in [5.74, 6) is 0. The van der Waals surface area contributed by atoms with Crippen molar-refractivity contribution in [2.45, 2.75) is 58.2 Å². The summed E-state index contributed by atoms with van der Waals surface area (Å²) in [5.41, 5.74) is 2.50. The van der Waals surface area contributed by atoms with Crippen molar-refractivity contribution in [2.24, 2.45) is 0 Å². The molecule has 0 aliphatic carbocycles. The van der Waals surface area contributed by atoms with Crippen molar-refractivity contribution in [3.8, 4) is 0 Å². The Balaban J connectivity index is 4.77. The summed E-state index contributed by atoms with van der Waals surface area (Å²) >= 11 is 1.93. The molecule has 0 unspecified atom stereocenters. The maximum absolute atomic E-state index is 4.10. The van der Waals surface area contributed by atoms with E-state index in [9.17, 15) is 0 Å². The van der Waals surface area contributed by atoms with Crippen LogP contribution < -0.4 is 0 Å². The second-order valence-corrected chi connectivity index (χ2v) is 12.9. The van der Waals surface area contributed by atoms with E-state index < -0.39 is 7.22 Å². The first-order chi connectivity index (χ1) is 5.39. The van der Waals surface area contributed by atoms with E-state index in [4.69, 9.17) is 0 Å². The van der Waals surface area contributed by atoms with Crippen molar-refractivity contribution < 1.29 is 0 Å². The SMILES string of the molecule is [CH2]S[Si](C(C)C)(C(C)C)C(C)C. The van der Waals surface area contributed by atoms with E-state index in [1.807, 2.05) is 11.2 Å². The highest BCUT2D eigenvalue weighted by Gasteiger charge is 2.42. The minimum atomic E-state index is -1.20. The second-order valence-electron chi connectivity index (χ2n) is 4.46. The third-order valence-electron chi connectivity index (χ3n) is 2.96. The molecule has 0 heterocycles. The van der Waals surface area contributed by atoms with Crippen LogP contribution in [0.2, 0.25) is 16.6 Å². The van der Waals surface area contributed by atoms with Crippen LogP contribution in [0.1, 0.15) is 41.5 Å². The minimum absolute atomic E-state index is 0.833. The van der Waals surface area contributed by atoms with Crippen molar-refractivity contribution in [3.05, 3.63) is 6.26 Å². The summed E-state index contributed by atoms with van der Waals surface area (Å²) in [7, 11) is -1.20. The highest BCUT2D eigenvalue weighted by Crippen LogP contribution is 2.48. The molecule has 1 radical (unpaired) electrons. The lowest BCUT2D eigenvalue weighted by Crippen LogP contribution is -2.40. The molecule has 0 aromatic carbocycles. The van der Waals surface area contributed by atoms with Gasteiger partial charge in [-0.3, -0.25) is 0 Å². The van der Waals surface area contributed by atoms with Crippen LogP contribution in [0.5, 0.6) is 0 Å². The zero-order valence-electron chi connectivity index (χ0n) is 9.35. The number of hydrogen-bond acceptors (Lipinski definition) is 1. The Hall–Kier alpha value is 0.567. The summed E-state index contributed by atoms with van der Waals surface area (Å²) in [6, 6.07) is 0. The third-order valence-corrected chi connectivity index (χ3v) is 14.6. The van der Waals surface area contributed by atoms with Gasteiger partial charge in [-0.05, 0) is 22.9 Å². The molecule has 0 aromatic heterocycles. The second kappa shape index (κ2) is 4.71. The van der Waals surface area contributed by atoms with E-state index in [2.05, 4.69) is 47.8 Å². The molecule has 73 valence electrons. The van der Waals surface area contributed by atoms with E-state index >= 15 is 0 Å². The first-order valence-electron chi connectivity index (χ1n) is 4.82. The van der Waals surface area contributed by atoms with E-state index in [-0.39, 0.29) is 0 Å². The van der Waals surface area contributed by atoms with Crippen molar-refractivity contribution >= 4 is 18.4 Å². The van der Waals surface area contributed by atoms with Gasteiger partial charge in [-0.2, -0.15) is 11.2 Å². The average molecular weight is 203 g/mol. The fraction of sp³-hybridized carbons (Fsp3) is 0.900. The van der Waals surface area contributed by atoms with E-state index in [0.29, 0.717) is 0 Å². The molecule has 0 aliphatic rings. The molecule has 12 heavy (non-hydrogen) atoms. The fourth-order valence-electron chi connectivity index (χ4n) is 2.50. The van der Waals surface area contributed by atoms with Gasteiger partial charge >= 0.3 is 0 Å². The minimum Gasteiger partial charge on any atom is -0.183 e. The first-order valence-corrected chi connectivity index (χ1v) is 8.77. The van der Waals surface area contributed by atoms with Gasteiger partial charge in [0.05, 0.1) is 0 Å². The summed E-state index contributed by atoms with van der Waals surface area (Å²) in [5, 5.41) is 0. The molecule has 0 aromatic rings. The molecule has 0 rings (SSSR count). The fourth-order valence-corrected chi connectivity index (χ4v) is 10.5. The molecule has 0 aliphatic heterocycles. The van der Waals surface area contributed by atoms with Crippen LogP contribution >= 0.6 is 11.2 Å². The molecular weight excluding hydrogens is 180 g/mol. The molecule has 0 spiro atoms. The summed E-state index contributed by atoms with van der Waals surface area (Å²) in [6.45, 7) is 14.2. The van der Waals surface area contributed by atoms with Crippen LogP contribution in [0.25, 0.3) is 0 Å². The van der Waals surface area contributed by atoms with Gasteiger partial charge in [-0.15, -0.1) is 0 Å². The van der Waals surface area contributed by atoms with Gasteiger partial charge in [0.1, 0.15) is 7.22 Å². The quantitative estimate of drug-likeness (QED) is 0.598. The van der Waals surface area contributed by atoms with E-state index in [1.54, 1.807) is 0 Å². The van der Waals surface area contributed by atoms with Crippen LogP contribution in [-0.4, -0.2) is 7.22 Å². The van der Waals surface area contributed by atoms with Gasteiger partial charge in [0.15, 0.2) is 0 Å². The standard InChI is InChI=1S/C10H23SSi/c1-8(2)12(11-7,9(3)4)10(5)6/h8-10H,7H2,1-6H3. The van der Waals surface area contributed by atoms with Crippen LogP contribution in [0, 0.1) is 6.26 Å². The van der Waals surface area contributed by atoms with Crippen LogP contribution in [-0.2, 0) is 0 Å². The molecule has 2 heteroatoms. The predicted octanol–water partition coefficient (Wildman–Crippen LogP) is 4.69.